The predicted octanol–water partition coefficient (Wildman–Crippen LogP) is 0.991. The summed E-state index contributed by atoms with van der Waals surface area (Å²) < 4.78 is 28.7. The Morgan fingerprint density at radius 2 is 2.24 bits per heavy atom. The molecule has 21 heavy (non-hydrogen) atoms. The molecule has 1 aliphatic rings. The van der Waals surface area contributed by atoms with Crippen LogP contribution in [-0.4, -0.2) is 35.6 Å². The highest BCUT2D eigenvalue weighted by molar-refractivity contribution is 7.89. The van der Waals surface area contributed by atoms with E-state index in [1.165, 1.54) is 6.20 Å². The second kappa shape index (κ2) is 6.15. The van der Waals surface area contributed by atoms with Crippen LogP contribution in [-0.2, 0) is 21.4 Å². The Bertz CT molecular complexity index is 623. The first-order valence-corrected chi connectivity index (χ1v) is 8.59. The molecule has 0 spiro atoms. The molecule has 0 saturated heterocycles. The van der Waals surface area contributed by atoms with Crippen molar-refractivity contribution in [3.63, 3.8) is 0 Å². The largest absolute Gasteiger partial charge is 0.481 e. The number of carboxylic acid groups (broad SMARTS) is 1. The van der Waals surface area contributed by atoms with Crippen LogP contribution in [0.5, 0.6) is 0 Å². The summed E-state index contributed by atoms with van der Waals surface area (Å²) >= 11 is 0. The SMILES string of the molecule is CCn1cc(S(=O)(=O)NCC2CCCC2C(=O)O)nc1C. The molecular weight excluding hydrogens is 294 g/mol. The molecule has 1 aromatic rings. The number of nitrogens with zero attached hydrogens (tertiary/aromatic N) is 2. The Kier molecular flexibility index (Phi) is 4.67. The van der Waals surface area contributed by atoms with Crippen LogP contribution in [0.15, 0.2) is 11.2 Å². The van der Waals surface area contributed by atoms with E-state index in [2.05, 4.69) is 9.71 Å². The molecular formula is C13H21N3O4S. The second-order valence-corrected chi connectivity index (χ2v) is 7.11. The quantitative estimate of drug-likeness (QED) is 0.815. The molecule has 0 radical (unpaired) electrons. The number of rotatable bonds is 6. The number of nitrogens with one attached hydrogen (secondary N) is 1. The minimum atomic E-state index is -3.68. The zero-order valence-electron chi connectivity index (χ0n) is 12.2. The number of aromatic nitrogens is 2. The van der Waals surface area contributed by atoms with Gasteiger partial charge in [0.1, 0.15) is 5.82 Å². The highest BCUT2D eigenvalue weighted by Gasteiger charge is 2.33. The lowest BCUT2D eigenvalue weighted by molar-refractivity contribution is -0.142. The summed E-state index contributed by atoms with van der Waals surface area (Å²) in [5.74, 6) is -0.806. The van der Waals surface area contributed by atoms with Gasteiger partial charge in [0.15, 0.2) is 5.03 Å². The number of imidazole rings is 1. The van der Waals surface area contributed by atoms with E-state index >= 15 is 0 Å². The number of sulfonamides is 1. The van der Waals surface area contributed by atoms with Crippen molar-refractivity contribution >= 4 is 16.0 Å². The molecule has 1 saturated carbocycles. The normalized spacial score (nSPS) is 22.6. The Hall–Kier alpha value is -1.41. The number of aliphatic carboxylic acids is 1. The molecule has 1 aliphatic carbocycles. The lowest BCUT2D eigenvalue weighted by atomic mass is 9.97. The number of hydrogen-bond acceptors (Lipinski definition) is 4. The van der Waals surface area contributed by atoms with Crippen LogP contribution in [0.25, 0.3) is 0 Å². The third-order valence-corrected chi connectivity index (χ3v) is 5.38. The van der Waals surface area contributed by atoms with E-state index in [4.69, 9.17) is 5.11 Å². The molecule has 1 fully saturated rings. The molecule has 2 unspecified atom stereocenters. The van der Waals surface area contributed by atoms with Gasteiger partial charge in [0.2, 0.25) is 0 Å². The third-order valence-electron chi connectivity index (χ3n) is 4.08. The van der Waals surface area contributed by atoms with Crippen LogP contribution < -0.4 is 4.72 Å². The molecule has 2 rings (SSSR count). The van der Waals surface area contributed by atoms with Gasteiger partial charge in [-0.25, -0.2) is 18.1 Å². The van der Waals surface area contributed by atoms with E-state index in [1.54, 1.807) is 11.5 Å². The van der Waals surface area contributed by atoms with Gasteiger partial charge in [0, 0.05) is 19.3 Å². The van der Waals surface area contributed by atoms with Gasteiger partial charge in [-0.05, 0) is 32.6 Å². The molecule has 8 heteroatoms. The van der Waals surface area contributed by atoms with Crippen LogP contribution in [0.1, 0.15) is 32.0 Å². The fourth-order valence-corrected chi connectivity index (χ4v) is 3.93. The van der Waals surface area contributed by atoms with Crippen molar-refractivity contribution in [3.05, 3.63) is 12.0 Å². The van der Waals surface area contributed by atoms with Gasteiger partial charge >= 0.3 is 5.97 Å². The summed E-state index contributed by atoms with van der Waals surface area (Å²) in [6.07, 6.45) is 3.68. The van der Waals surface area contributed by atoms with E-state index in [1.807, 2.05) is 6.92 Å². The molecule has 7 nitrogen and oxygen atoms in total. The number of carbonyl (C=O) groups is 1. The number of aryl methyl sites for hydroxylation is 2. The molecule has 0 amide bonds. The van der Waals surface area contributed by atoms with Gasteiger partial charge in [-0.15, -0.1) is 0 Å². The van der Waals surface area contributed by atoms with Crippen molar-refractivity contribution in [3.8, 4) is 0 Å². The first-order chi connectivity index (χ1) is 9.85. The van der Waals surface area contributed by atoms with E-state index < -0.39 is 21.9 Å². The maximum atomic E-state index is 12.2. The van der Waals surface area contributed by atoms with Gasteiger partial charge in [-0.3, -0.25) is 4.79 Å². The fourth-order valence-electron chi connectivity index (χ4n) is 2.83. The van der Waals surface area contributed by atoms with Gasteiger partial charge < -0.3 is 9.67 Å². The maximum Gasteiger partial charge on any atom is 0.306 e. The van der Waals surface area contributed by atoms with Crippen molar-refractivity contribution in [2.24, 2.45) is 11.8 Å². The molecule has 2 atom stereocenters. The van der Waals surface area contributed by atoms with Crippen LogP contribution in [0.4, 0.5) is 0 Å². The second-order valence-electron chi connectivity index (χ2n) is 5.40. The van der Waals surface area contributed by atoms with Gasteiger partial charge in [0.25, 0.3) is 10.0 Å². The van der Waals surface area contributed by atoms with Gasteiger partial charge in [-0.2, -0.15) is 0 Å². The Balaban J connectivity index is 2.05. The van der Waals surface area contributed by atoms with Crippen molar-refractivity contribution in [2.45, 2.75) is 44.7 Å². The smallest absolute Gasteiger partial charge is 0.306 e. The Morgan fingerprint density at radius 3 is 2.81 bits per heavy atom. The molecule has 0 aliphatic heterocycles. The average molecular weight is 315 g/mol. The standard InChI is InChI=1S/C13H21N3O4S/c1-3-16-8-12(15-9(16)2)21(19,20)14-7-10-5-4-6-11(10)13(17)18/h8,10-11,14H,3-7H2,1-2H3,(H,17,18). The van der Waals surface area contributed by atoms with E-state index in [-0.39, 0.29) is 17.5 Å². The lowest BCUT2D eigenvalue weighted by Crippen LogP contribution is -2.33. The first kappa shape index (κ1) is 16.0. The van der Waals surface area contributed by atoms with Crippen molar-refractivity contribution in [2.75, 3.05) is 6.54 Å². The fraction of sp³-hybridized carbons (Fsp3) is 0.692. The Morgan fingerprint density at radius 1 is 1.52 bits per heavy atom. The van der Waals surface area contributed by atoms with Crippen molar-refractivity contribution in [1.29, 1.82) is 0 Å². The average Bonchev–Trinajstić information content (AvgIpc) is 3.02. The van der Waals surface area contributed by atoms with E-state index in [0.29, 0.717) is 18.8 Å². The molecule has 1 heterocycles. The first-order valence-electron chi connectivity index (χ1n) is 7.11. The summed E-state index contributed by atoms with van der Waals surface area (Å²) in [5, 5.41) is 9.10. The molecule has 2 N–H and O–H groups in total. The highest BCUT2D eigenvalue weighted by atomic mass is 32.2. The van der Waals surface area contributed by atoms with Crippen LogP contribution in [0.3, 0.4) is 0 Å². The lowest BCUT2D eigenvalue weighted by Gasteiger charge is -2.15. The number of carboxylic acids is 1. The third kappa shape index (κ3) is 3.44. The maximum absolute atomic E-state index is 12.2. The highest BCUT2D eigenvalue weighted by Crippen LogP contribution is 2.31. The van der Waals surface area contributed by atoms with Crippen LogP contribution >= 0.6 is 0 Å². The molecule has 0 aromatic carbocycles. The van der Waals surface area contributed by atoms with Crippen molar-refractivity contribution in [1.82, 2.24) is 14.3 Å². The minimum Gasteiger partial charge on any atom is -0.481 e. The predicted molar refractivity (Wildman–Crippen MR) is 76.3 cm³/mol. The summed E-state index contributed by atoms with van der Waals surface area (Å²) in [6, 6.07) is 0. The summed E-state index contributed by atoms with van der Waals surface area (Å²) in [6.45, 7) is 4.46. The van der Waals surface area contributed by atoms with Crippen LogP contribution in [0, 0.1) is 18.8 Å². The van der Waals surface area contributed by atoms with E-state index in [0.717, 1.165) is 12.8 Å². The van der Waals surface area contributed by atoms with Gasteiger partial charge in [-0.1, -0.05) is 6.42 Å². The summed E-state index contributed by atoms with van der Waals surface area (Å²) in [5.41, 5.74) is 0. The van der Waals surface area contributed by atoms with Gasteiger partial charge in [0.05, 0.1) is 5.92 Å². The summed E-state index contributed by atoms with van der Waals surface area (Å²) in [4.78, 5) is 15.1. The number of hydrogen-bond donors (Lipinski definition) is 2. The van der Waals surface area contributed by atoms with Crippen LogP contribution in [0.2, 0.25) is 0 Å². The monoisotopic (exact) mass is 315 g/mol. The molecule has 0 bridgehead atoms. The van der Waals surface area contributed by atoms with E-state index in [9.17, 15) is 13.2 Å². The Labute approximate surface area is 124 Å². The topological polar surface area (TPSA) is 101 Å². The zero-order valence-corrected chi connectivity index (χ0v) is 13.1. The van der Waals surface area contributed by atoms with Crippen molar-refractivity contribution < 1.29 is 18.3 Å². The molecule has 1 aromatic heterocycles. The molecule has 118 valence electrons. The summed E-state index contributed by atoms with van der Waals surface area (Å²) in [7, 11) is -3.68. The minimum absolute atomic E-state index is 0.00766. The zero-order chi connectivity index (χ0) is 15.6.